The first-order valence-corrected chi connectivity index (χ1v) is 5.69. The van der Waals surface area contributed by atoms with Crippen LogP contribution in [0.3, 0.4) is 0 Å². The molecule has 0 atom stereocenters. The van der Waals surface area contributed by atoms with Gasteiger partial charge < -0.3 is 4.74 Å². The molecule has 0 N–H and O–H groups in total. The molecule has 0 saturated carbocycles. The first-order valence-electron chi connectivity index (χ1n) is 4.50. The third kappa shape index (κ3) is 2.07. The lowest BCUT2D eigenvalue weighted by Crippen LogP contribution is -2.15. The van der Waals surface area contributed by atoms with Crippen molar-refractivity contribution < 1.29 is 4.74 Å². The Hall–Kier alpha value is -0.840. The van der Waals surface area contributed by atoms with Gasteiger partial charge in [0.15, 0.2) is 0 Å². The molecular weight excluding hydrogens is 234 g/mol. The summed E-state index contributed by atoms with van der Waals surface area (Å²) in [6.07, 6.45) is 0. The van der Waals surface area contributed by atoms with Crippen molar-refractivity contribution in [2.75, 3.05) is 13.7 Å². The molecule has 0 aliphatic carbocycles. The fourth-order valence-electron chi connectivity index (χ4n) is 1.43. The average molecular weight is 244 g/mol. The summed E-state index contributed by atoms with van der Waals surface area (Å²) in [5, 5.41) is 0.645. The van der Waals surface area contributed by atoms with Gasteiger partial charge in [0.25, 0.3) is 0 Å². The normalized spacial score (nSPS) is 11.1. The summed E-state index contributed by atoms with van der Waals surface area (Å²) in [6, 6.07) is 5.47. The predicted octanol–water partition coefficient (Wildman–Crippen LogP) is 2.36. The molecule has 0 unspecified atom stereocenters. The molecule has 80 valence electrons. The summed E-state index contributed by atoms with van der Waals surface area (Å²) < 4.78 is 7.61. The van der Waals surface area contributed by atoms with Gasteiger partial charge in [-0.25, -0.2) is 0 Å². The van der Waals surface area contributed by atoms with E-state index in [0.29, 0.717) is 18.2 Å². The van der Waals surface area contributed by atoms with E-state index in [-0.39, 0.29) is 4.87 Å². The first kappa shape index (κ1) is 10.7. The fraction of sp³-hybridized carbons (Fsp3) is 0.300. The van der Waals surface area contributed by atoms with Crippen molar-refractivity contribution in [1.82, 2.24) is 4.57 Å². The van der Waals surface area contributed by atoms with Gasteiger partial charge in [0.2, 0.25) is 0 Å². The number of thiazole rings is 1. The lowest BCUT2D eigenvalue weighted by Gasteiger charge is -2.02. The number of fused-ring (bicyclic) bond motifs is 1. The Kier molecular flexibility index (Phi) is 3.09. The van der Waals surface area contributed by atoms with Gasteiger partial charge in [-0.1, -0.05) is 22.9 Å². The van der Waals surface area contributed by atoms with E-state index < -0.39 is 0 Å². The van der Waals surface area contributed by atoms with Crippen molar-refractivity contribution in [3.63, 3.8) is 0 Å². The van der Waals surface area contributed by atoms with Gasteiger partial charge in [0.05, 0.1) is 23.4 Å². The summed E-state index contributed by atoms with van der Waals surface area (Å²) in [6.45, 7) is 1.09. The number of ether oxygens (including phenoxy) is 1. The van der Waals surface area contributed by atoms with E-state index in [9.17, 15) is 4.79 Å². The van der Waals surface area contributed by atoms with Gasteiger partial charge in [0, 0.05) is 12.1 Å². The SMILES string of the molecule is COCCn1c(=O)sc2ccc(Cl)cc21. The van der Waals surface area contributed by atoms with Crippen LogP contribution in [0.25, 0.3) is 10.2 Å². The van der Waals surface area contributed by atoms with Gasteiger partial charge >= 0.3 is 4.87 Å². The number of hydrogen-bond acceptors (Lipinski definition) is 3. The molecule has 1 heterocycles. The van der Waals surface area contributed by atoms with Crippen LogP contribution >= 0.6 is 22.9 Å². The molecule has 3 nitrogen and oxygen atoms in total. The zero-order chi connectivity index (χ0) is 10.8. The highest BCUT2D eigenvalue weighted by Gasteiger charge is 2.07. The second-order valence-electron chi connectivity index (χ2n) is 3.12. The van der Waals surface area contributed by atoms with Crippen molar-refractivity contribution in [3.8, 4) is 0 Å². The summed E-state index contributed by atoms with van der Waals surface area (Å²) in [5.74, 6) is 0. The monoisotopic (exact) mass is 243 g/mol. The number of aromatic nitrogens is 1. The minimum atomic E-state index is 0.0318. The van der Waals surface area contributed by atoms with Crippen LogP contribution in [0.4, 0.5) is 0 Å². The molecule has 0 bridgehead atoms. The summed E-state index contributed by atoms with van der Waals surface area (Å²) in [4.78, 5) is 11.7. The van der Waals surface area contributed by atoms with Crippen LogP contribution in [0, 0.1) is 0 Å². The molecule has 0 aliphatic heterocycles. The fourth-order valence-corrected chi connectivity index (χ4v) is 2.49. The highest BCUT2D eigenvalue weighted by atomic mass is 35.5. The van der Waals surface area contributed by atoms with Gasteiger partial charge in [-0.3, -0.25) is 9.36 Å². The topological polar surface area (TPSA) is 31.2 Å². The molecule has 0 spiro atoms. The van der Waals surface area contributed by atoms with Crippen molar-refractivity contribution in [3.05, 3.63) is 32.9 Å². The Morgan fingerprint density at radius 3 is 3.07 bits per heavy atom. The van der Waals surface area contributed by atoms with E-state index in [1.54, 1.807) is 17.7 Å². The number of benzene rings is 1. The minimum absolute atomic E-state index is 0.0318. The molecule has 0 radical (unpaired) electrons. The Labute approximate surface area is 95.9 Å². The Bertz CT molecular complexity index is 532. The van der Waals surface area contributed by atoms with E-state index >= 15 is 0 Å². The second-order valence-corrected chi connectivity index (χ2v) is 4.55. The largest absolute Gasteiger partial charge is 0.383 e. The average Bonchev–Trinajstić information content (AvgIpc) is 2.51. The second kappa shape index (κ2) is 4.35. The molecule has 0 aliphatic rings. The van der Waals surface area contributed by atoms with Crippen molar-refractivity contribution in [2.45, 2.75) is 6.54 Å². The molecule has 1 aromatic carbocycles. The molecular formula is C10H10ClNO2S. The number of methoxy groups -OCH3 is 1. The molecule has 0 fully saturated rings. The van der Waals surface area contributed by atoms with Gasteiger partial charge in [-0.2, -0.15) is 0 Å². The number of rotatable bonds is 3. The smallest absolute Gasteiger partial charge is 0.308 e. The number of halogens is 1. The van der Waals surface area contributed by atoms with Crippen LogP contribution in [0.5, 0.6) is 0 Å². The maximum absolute atomic E-state index is 11.6. The van der Waals surface area contributed by atoms with Crippen LogP contribution in [0.2, 0.25) is 5.02 Å². The number of hydrogen-bond donors (Lipinski definition) is 0. The van der Waals surface area contributed by atoms with Crippen molar-refractivity contribution >= 4 is 33.2 Å². The zero-order valence-electron chi connectivity index (χ0n) is 8.20. The zero-order valence-corrected chi connectivity index (χ0v) is 9.77. The molecule has 0 saturated heterocycles. The maximum atomic E-state index is 11.6. The van der Waals surface area contributed by atoms with E-state index in [2.05, 4.69) is 0 Å². The van der Waals surface area contributed by atoms with Crippen LogP contribution in [0.1, 0.15) is 0 Å². The van der Waals surface area contributed by atoms with Crippen molar-refractivity contribution in [1.29, 1.82) is 0 Å². The van der Waals surface area contributed by atoms with E-state index in [4.69, 9.17) is 16.3 Å². The van der Waals surface area contributed by atoms with Crippen molar-refractivity contribution in [2.24, 2.45) is 0 Å². The summed E-state index contributed by atoms with van der Waals surface area (Å²) in [7, 11) is 1.62. The first-order chi connectivity index (χ1) is 7.22. The Balaban J connectivity index is 2.55. The summed E-state index contributed by atoms with van der Waals surface area (Å²) in [5.41, 5.74) is 0.884. The van der Waals surface area contributed by atoms with Gasteiger partial charge in [-0.05, 0) is 18.2 Å². The molecule has 5 heteroatoms. The Morgan fingerprint density at radius 2 is 2.33 bits per heavy atom. The standard InChI is InChI=1S/C10H10ClNO2S/c1-14-5-4-12-8-6-7(11)2-3-9(8)15-10(12)13/h2-3,6H,4-5H2,1H3. The summed E-state index contributed by atoms with van der Waals surface area (Å²) >= 11 is 7.12. The Morgan fingerprint density at radius 1 is 1.53 bits per heavy atom. The highest BCUT2D eigenvalue weighted by molar-refractivity contribution is 7.16. The molecule has 0 amide bonds. The third-order valence-corrected chi connectivity index (χ3v) is 3.34. The third-order valence-electron chi connectivity index (χ3n) is 2.15. The van der Waals surface area contributed by atoms with Crippen LogP contribution < -0.4 is 4.87 Å². The minimum Gasteiger partial charge on any atom is -0.383 e. The van der Waals surface area contributed by atoms with Gasteiger partial charge in [0.1, 0.15) is 0 Å². The molecule has 15 heavy (non-hydrogen) atoms. The highest BCUT2D eigenvalue weighted by Crippen LogP contribution is 2.21. The van der Waals surface area contributed by atoms with Gasteiger partial charge in [-0.15, -0.1) is 0 Å². The lowest BCUT2D eigenvalue weighted by atomic mass is 10.3. The van der Waals surface area contributed by atoms with E-state index in [1.165, 1.54) is 11.3 Å². The quantitative estimate of drug-likeness (QED) is 0.829. The van der Waals surface area contributed by atoms with Crippen LogP contribution in [0.15, 0.2) is 23.0 Å². The molecule has 1 aromatic heterocycles. The van der Waals surface area contributed by atoms with E-state index in [0.717, 1.165) is 10.2 Å². The van der Waals surface area contributed by atoms with Crippen LogP contribution in [-0.2, 0) is 11.3 Å². The maximum Gasteiger partial charge on any atom is 0.308 e. The predicted molar refractivity (Wildman–Crippen MR) is 63.0 cm³/mol. The molecule has 2 aromatic rings. The van der Waals surface area contributed by atoms with Crippen LogP contribution in [-0.4, -0.2) is 18.3 Å². The number of nitrogens with zero attached hydrogens (tertiary/aromatic N) is 1. The lowest BCUT2D eigenvalue weighted by molar-refractivity contribution is 0.188. The van der Waals surface area contributed by atoms with E-state index in [1.807, 2.05) is 12.1 Å². The molecule has 2 rings (SSSR count).